The first kappa shape index (κ1) is 18.6. The fourth-order valence-electron chi connectivity index (χ4n) is 5.10. The van der Waals surface area contributed by atoms with E-state index in [1.54, 1.807) is 13.0 Å². The fraction of sp³-hybridized carbons (Fsp3) is 0.650. The molecule has 1 aliphatic heterocycles. The van der Waals surface area contributed by atoms with Gasteiger partial charge in [-0.25, -0.2) is 0 Å². The van der Waals surface area contributed by atoms with E-state index in [0.717, 1.165) is 37.9 Å². The Morgan fingerprint density at radius 1 is 1.26 bits per heavy atom. The zero-order valence-corrected chi connectivity index (χ0v) is 15.3. The lowest BCUT2D eigenvalue weighted by atomic mass is 9.69. The van der Waals surface area contributed by atoms with Crippen molar-refractivity contribution in [1.82, 2.24) is 4.90 Å². The number of hydrogen-bond donors (Lipinski definition) is 1. The first-order valence-electron chi connectivity index (χ1n) is 9.41. The second-order valence-corrected chi connectivity index (χ2v) is 8.86. The first-order chi connectivity index (χ1) is 12.5. The van der Waals surface area contributed by atoms with Crippen molar-refractivity contribution in [3.05, 3.63) is 29.8 Å². The topological polar surface area (TPSA) is 49.8 Å². The number of hydrogen-bond acceptors (Lipinski definition) is 3. The smallest absolute Gasteiger partial charge is 0.406 e. The van der Waals surface area contributed by atoms with Gasteiger partial charge in [0.2, 0.25) is 5.91 Å². The molecule has 0 aromatic heterocycles. The molecule has 1 N–H and O–H groups in total. The maximum atomic E-state index is 12.5. The Balaban J connectivity index is 1.34. The number of likely N-dealkylation sites (tertiary alicyclic amines) is 1. The molecule has 4 nitrogen and oxygen atoms in total. The summed E-state index contributed by atoms with van der Waals surface area (Å²) >= 11 is 0. The van der Waals surface area contributed by atoms with Crippen LogP contribution in [0.2, 0.25) is 0 Å². The summed E-state index contributed by atoms with van der Waals surface area (Å²) in [5, 5.41) is 9.81. The van der Waals surface area contributed by atoms with Gasteiger partial charge in [-0.1, -0.05) is 12.1 Å². The van der Waals surface area contributed by atoms with Crippen LogP contribution in [0.25, 0.3) is 0 Å². The summed E-state index contributed by atoms with van der Waals surface area (Å²) in [6, 6.07) is 6.25. The van der Waals surface area contributed by atoms with E-state index in [2.05, 4.69) is 4.74 Å². The van der Waals surface area contributed by atoms with Gasteiger partial charge < -0.3 is 14.7 Å². The SMILES string of the molecule is C[C@]1(O)C[C@@H](C(=O)N2CC3(CC[C@H](c4cccc(OC(F)(F)F)c4)C3)C2)C1. The van der Waals surface area contributed by atoms with Gasteiger partial charge in [0.05, 0.1) is 5.60 Å². The largest absolute Gasteiger partial charge is 0.573 e. The highest BCUT2D eigenvalue weighted by Gasteiger charge is 2.53. The molecule has 1 heterocycles. The highest BCUT2D eigenvalue weighted by Crippen LogP contribution is 2.53. The van der Waals surface area contributed by atoms with E-state index in [4.69, 9.17) is 0 Å². The molecule has 1 saturated heterocycles. The van der Waals surface area contributed by atoms with Crippen molar-refractivity contribution >= 4 is 5.91 Å². The van der Waals surface area contributed by atoms with Gasteiger partial charge in [0, 0.05) is 24.4 Å². The maximum Gasteiger partial charge on any atom is 0.573 e. The van der Waals surface area contributed by atoms with Gasteiger partial charge in [0.15, 0.2) is 0 Å². The van der Waals surface area contributed by atoms with E-state index in [9.17, 15) is 23.1 Å². The molecule has 0 unspecified atom stereocenters. The first-order valence-corrected chi connectivity index (χ1v) is 9.41. The molecular formula is C20H24F3NO3. The van der Waals surface area contributed by atoms with Gasteiger partial charge in [0.1, 0.15) is 5.75 Å². The minimum atomic E-state index is -4.68. The van der Waals surface area contributed by atoms with E-state index in [-0.39, 0.29) is 28.9 Å². The monoisotopic (exact) mass is 383 g/mol. The molecule has 1 aromatic carbocycles. The number of rotatable bonds is 3. The highest BCUT2D eigenvalue weighted by molar-refractivity contribution is 5.81. The van der Waals surface area contributed by atoms with Crippen molar-refractivity contribution in [3.8, 4) is 5.75 Å². The van der Waals surface area contributed by atoms with Crippen LogP contribution in [0.1, 0.15) is 50.5 Å². The molecule has 1 amide bonds. The van der Waals surface area contributed by atoms with Crippen LogP contribution in [0.4, 0.5) is 13.2 Å². The van der Waals surface area contributed by atoms with Gasteiger partial charge in [-0.3, -0.25) is 4.79 Å². The minimum Gasteiger partial charge on any atom is -0.406 e. The van der Waals surface area contributed by atoms with E-state index in [1.165, 1.54) is 12.1 Å². The number of carbonyl (C=O) groups excluding carboxylic acids is 1. The fourth-order valence-corrected chi connectivity index (χ4v) is 5.10. The van der Waals surface area contributed by atoms with Crippen LogP contribution in [0.3, 0.4) is 0 Å². The van der Waals surface area contributed by atoms with E-state index >= 15 is 0 Å². The van der Waals surface area contributed by atoms with Gasteiger partial charge in [-0.05, 0) is 62.6 Å². The molecule has 3 aliphatic rings. The van der Waals surface area contributed by atoms with Gasteiger partial charge in [0.25, 0.3) is 0 Å². The predicted octanol–water partition coefficient (Wildman–Crippen LogP) is 3.84. The van der Waals surface area contributed by atoms with Crippen LogP contribution in [0.15, 0.2) is 24.3 Å². The maximum absolute atomic E-state index is 12.5. The van der Waals surface area contributed by atoms with E-state index in [0.29, 0.717) is 12.8 Å². The normalized spacial score (nSPS) is 32.1. The van der Waals surface area contributed by atoms with Crippen molar-refractivity contribution in [2.45, 2.75) is 56.9 Å². The average molecular weight is 383 g/mol. The molecule has 7 heteroatoms. The van der Waals surface area contributed by atoms with Gasteiger partial charge in [-0.15, -0.1) is 13.2 Å². The number of alkyl halides is 3. The number of amides is 1. The number of ether oxygens (including phenoxy) is 1. The lowest BCUT2D eigenvalue weighted by Crippen LogP contribution is -2.61. The lowest BCUT2D eigenvalue weighted by molar-refractivity contribution is -0.274. The molecular weight excluding hydrogens is 359 g/mol. The van der Waals surface area contributed by atoms with Crippen LogP contribution in [0, 0.1) is 11.3 Å². The number of nitrogens with zero attached hydrogens (tertiary/aromatic N) is 1. The van der Waals surface area contributed by atoms with Gasteiger partial charge >= 0.3 is 6.36 Å². The Morgan fingerprint density at radius 2 is 1.96 bits per heavy atom. The second-order valence-electron chi connectivity index (χ2n) is 8.86. The van der Waals surface area contributed by atoms with E-state index in [1.807, 2.05) is 11.0 Å². The number of aliphatic hydroxyl groups is 1. The molecule has 4 rings (SSSR count). The minimum absolute atomic E-state index is 0.0641. The van der Waals surface area contributed by atoms with Crippen LogP contribution < -0.4 is 4.74 Å². The molecule has 2 aliphatic carbocycles. The van der Waals surface area contributed by atoms with E-state index < -0.39 is 12.0 Å². The average Bonchev–Trinajstić information content (AvgIpc) is 2.94. The lowest BCUT2D eigenvalue weighted by Gasteiger charge is -2.52. The Bertz CT molecular complexity index is 732. The summed E-state index contributed by atoms with van der Waals surface area (Å²) < 4.78 is 41.3. The number of benzene rings is 1. The molecule has 1 atom stereocenters. The molecule has 27 heavy (non-hydrogen) atoms. The van der Waals surface area contributed by atoms with Crippen LogP contribution in [0.5, 0.6) is 5.75 Å². The molecule has 2 saturated carbocycles. The zero-order valence-electron chi connectivity index (χ0n) is 15.3. The third kappa shape index (κ3) is 3.79. The molecule has 1 spiro atoms. The molecule has 0 bridgehead atoms. The summed E-state index contributed by atoms with van der Waals surface area (Å²) in [5.74, 6) is 0.0915. The van der Waals surface area contributed by atoms with Crippen LogP contribution in [-0.4, -0.2) is 41.0 Å². The summed E-state index contributed by atoms with van der Waals surface area (Å²) in [4.78, 5) is 14.3. The van der Waals surface area contributed by atoms with Crippen molar-refractivity contribution < 1.29 is 27.8 Å². The third-order valence-electron chi connectivity index (χ3n) is 6.35. The third-order valence-corrected chi connectivity index (χ3v) is 6.35. The number of carbonyl (C=O) groups is 1. The van der Waals surface area contributed by atoms with Gasteiger partial charge in [-0.2, -0.15) is 0 Å². The van der Waals surface area contributed by atoms with Crippen molar-refractivity contribution in [1.29, 1.82) is 0 Å². The van der Waals surface area contributed by atoms with Crippen molar-refractivity contribution in [2.75, 3.05) is 13.1 Å². The standard InChI is InChI=1S/C20H24F3NO3/c1-18(26)8-15(9-18)17(25)24-11-19(12-24)6-5-14(10-19)13-3-2-4-16(7-13)27-20(21,22)23/h2-4,7,14-15,26H,5-6,8-12H2,1H3/t14-,15-,18+/m0/s1. The molecule has 148 valence electrons. The predicted molar refractivity (Wildman–Crippen MR) is 92.1 cm³/mol. The zero-order chi connectivity index (χ0) is 19.4. The second kappa shape index (κ2) is 6.12. The Morgan fingerprint density at radius 3 is 2.59 bits per heavy atom. The summed E-state index contributed by atoms with van der Waals surface area (Å²) in [6.07, 6.45) is -0.844. The quantitative estimate of drug-likeness (QED) is 0.863. The van der Waals surface area contributed by atoms with Crippen LogP contribution >= 0.6 is 0 Å². The number of halogens is 3. The highest BCUT2D eigenvalue weighted by atomic mass is 19.4. The Hall–Kier alpha value is -1.76. The summed E-state index contributed by atoms with van der Waals surface area (Å²) in [5.41, 5.74) is 0.256. The molecule has 1 aromatic rings. The summed E-state index contributed by atoms with van der Waals surface area (Å²) in [7, 11) is 0. The van der Waals surface area contributed by atoms with Crippen molar-refractivity contribution in [2.24, 2.45) is 11.3 Å². The Kier molecular flexibility index (Phi) is 4.22. The summed E-state index contributed by atoms with van der Waals surface area (Å²) in [6.45, 7) is 3.20. The molecule has 3 fully saturated rings. The van der Waals surface area contributed by atoms with Crippen molar-refractivity contribution in [3.63, 3.8) is 0 Å². The Labute approximate surface area is 156 Å². The molecule has 0 radical (unpaired) electrons. The van der Waals surface area contributed by atoms with Crippen LogP contribution in [-0.2, 0) is 4.79 Å².